The van der Waals surface area contributed by atoms with Gasteiger partial charge in [0.15, 0.2) is 9.84 Å². The predicted molar refractivity (Wildman–Crippen MR) is 83.6 cm³/mol. The molecule has 1 N–H and O–H groups in total. The lowest BCUT2D eigenvalue weighted by Gasteiger charge is -2.33. The normalized spacial score (nSPS) is 21.1. The molecule has 0 aliphatic carbocycles. The summed E-state index contributed by atoms with van der Waals surface area (Å²) in [7, 11) is -5.85. The maximum Gasteiger partial charge on any atom is 0.247 e. The topological polar surface area (TPSA) is 96.4 Å². The van der Waals surface area contributed by atoms with E-state index in [1.54, 1.807) is 7.05 Å². The third kappa shape index (κ3) is 3.33. The van der Waals surface area contributed by atoms with Crippen LogP contribution in [0.5, 0.6) is 0 Å². The van der Waals surface area contributed by atoms with Gasteiger partial charge in [0.25, 0.3) is 0 Å². The van der Waals surface area contributed by atoms with Gasteiger partial charge in [0, 0.05) is 37.6 Å². The van der Waals surface area contributed by atoms with Crippen molar-refractivity contribution in [2.24, 2.45) is 0 Å². The number of nitrogens with zero attached hydrogens (tertiary/aromatic N) is 2. The molecule has 0 spiro atoms. The van der Waals surface area contributed by atoms with Crippen molar-refractivity contribution in [1.82, 2.24) is 9.29 Å². The summed E-state index contributed by atoms with van der Waals surface area (Å²) in [5.41, 5.74) is 0. The fourth-order valence-electron chi connectivity index (χ4n) is 2.09. The molecule has 7 nitrogen and oxygen atoms in total. The van der Waals surface area contributed by atoms with E-state index in [2.05, 4.69) is 10.3 Å². The molecule has 1 aromatic rings. The largest absolute Gasteiger partial charge is 0.372 e. The zero-order valence-electron chi connectivity index (χ0n) is 11.7. The molecular formula is C11H17N3O4S3. The lowest BCUT2D eigenvalue weighted by molar-refractivity contribution is 0.405. The predicted octanol–water partition coefficient (Wildman–Crippen LogP) is 0.232. The first-order chi connectivity index (χ1) is 9.78. The van der Waals surface area contributed by atoms with Crippen LogP contribution in [0.1, 0.15) is 0 Å². The Labute approximate surface area is 129 Å². The highest BCUT2D eigenvalue weighted by atomic mass is 32.2. The van der Waals surface area contributed by atoms with Gasteiger partial charge >= 0.3 is 0 Å². The molecule has 1 aromatic heterocycles. The van der Waals surface area contributed by atoms with Gasteiger partial charge in [-0.15, -0.1) is 0 Å². The second kappa shape index (κ2) is 6.11. The van der Waals surface area contributed by atoms with Crippen LogP contribution in [0.4, 0.5) is 5.82 Å². The van der Waals surface area contributed by atoms with E-state index >= 15 is 0 Å². The number of sulfone groups is 1. The Balaban J connectivity index is 2.51. The Morgan fingerprint density at radius 2 is 2.10 bits per heavy atom. The summed E-state index contributed by atoms with van der Waals surface area (Å²) in [6.07, 6.45) is 2.54. The molecule has 1 saturated heterocycles. The summed E-state index contributed by atoms with van der Waals surface area (Å²) in [5.74, 6) is 1.02. The van der Waals surface area contributed by atoms with Crippen LogP contribution in [0.15, 0.2) is 23.2 Å². The van der Waals surface area contributed by atoms with Crippen LogP contribution in [0.3, 0.4) is 0 Å². The quantitative estimate of drug-likeness (QED) is 0.829. The maximum absolute atomic E-state index is 12.8. The van der Waals surface area contributed by atoms with Crippen molar-refractivity contribution < 1.29 is 16.8 Å². The van der Waals surface area contributed by atoms with Crippen LogP contribution < -0.4 is 5.32 Å². The van der Waals surface area contributed by atoms with Crippen LogP contribution in [-0.4, -0.2) is 62.9 Å². The summed E-state index contributed by atoms with van der Waals surface area (Å²) < 4.78 is 50.4. The maximum atomic E-state index is 12.8. The van der Waals surface area contributed by atoms with E-state index in [4.69, 9.17) is 0 Å². The highest BCUT2D eigenvalue weighted by Gasteiger charge is 2.40. The number of rotatable bonds is 4. The molecule has 0 bridgehead atoms. The molecule has 10 heteroatoms. The van der Waals surface area contributed by atoms with Gasteiger partial charge in [0.2, 0.25) is 10.0 Å². The Bertz CT molecular complexity index is 718. The van der Waals surface area contributed by atoms with E-state index < -0.39 is 25.2 Å². The Morgan fingerprint density at radius 3 is 2.71 bits per heavy atom. The standard InChI is InChI=1S/C11H17N3O4S3/c1-12-11-9(4-3-5-13-11)21(17,18)14-6-7-19-8-10(14)20(2,15)16/h3-5,10H,6-8H2,1-2H3,(H,12,13). The first kappa shape index (κ1) is 16.5. The molecule has 1 atom stereocenters. The summed E-state index contributed by atoms with van der Waals surface area (Å²) in [6, 6.07) is 2.94. The molecule has 2 heterocycles. The SMILES string of the molecule is CNc1ncccc1S(=O)(=O)N1CCSCC1S(C)(=O)=O. The minimum Gasteiger partial charge on any atom is -0.372 e. The minimum absolute atomic E-state index is 0.00644. The van der Waals surface area contributed by atoms with Crippen molar-refractivity contribution in [2.75, 3.05) is 36.7 Å². The molecule has 1 fully saturated rings. The molecule has 0 aromatic carbocycles. The van der Waals surface area contributed by atoms with Crippen molar-refractivity contribution in [3.05, 3.63) is 18.3 Å². The molecule has 0 saturated carbocycles. The molecular weight excluding hydrogens is 334 g/mol. The zero-order valence-corrected chi connectivity index (χ0v) is 14.1. The van der Waals surface area contributed by atoms with Gasteiger partial charge in [0.05, 0.1) is 0 Å². The number of anilines is 1. The summed E-state index contributed by atoms with van der Waals surface area (Å²) in [5, 5.41) is 1.69. The molecule has 21 heavy (non-hydrogen) atoms. The number of aromatic nitrogens is 1. The fourth-order valence-corrected chi connectivity index (χ4v) is 7.41. The van der Waals surface area contributed by atoms with Gasteiger partial charge in [-0.05, 0) is 12.1 Å². The van der Waals surface area contributed by atoms with Gasteiger partial charge in [-0.3, -0.25) is 0 Å². The molecule has 1 aliphatic heterocycles. The van der Waals surface area contributed by atoms with E-state index in [9.17, 15) is 16.8 Å². The summed E-state index contributed by atoms with van der Waals surface area (Å²) in [6.45, 7) is 0.169. The van der Waals surface area contributed by atoms with Crippen molar-refractivity contribution in [2.45, 2.75) is 10.3 Å². The van der Waals surface area contributed by atoms with Crippen molar-refractivity contribution >= 4 is 37.4 Å². The van der Waals surface area contributed by atoms with E-state index in [0.29, 0.717) is 5.75 Å². The molecule has 1 aliphatic rings. The molecule has 118 valence electrons. The summed E-state index contributed by atoms with van der Waals surface area (Å²) in [4.78, 5) is 3.97. The average molecular weight is 351 g/mol. The third-order valence-electron chi connectivity index (χ3n) is 3.13. The van der Waals surface area contributed by atoms with Gasteiger partial charge in [-0.25, -0.2) is 21.8 Å². The second-order valence-corrected chi connectivity index (χ2v) is 9.79. The molecule has 2 rings (SSSR count). The third-order valence-corrected chi connectivity index (χ3v) is 7.84. The lowest BCUT2D eigenvalue weighted by Crippen LogP contribution is -2.49. The lowest BCUT2D eigenvalue weighted by atomic mass is 10.5. The fraction of sp³-hybridized carbons (Fsp3) is 0.545. The number of hydrogen-bond donors (Lipinski definition) is 1. The number of thioether (sulfide) groups is 1. The van der Waals surface area contributed by atoms with Gasteiger partial charge in [-0.1, -0.05) is 0 Å². The van der Waals surface area contributed by atoms with Crippen LogP contribution in [0, 0.1) is 0 Å². The average Bonchev–Trinajstić information content (AvgIpc) is 2.46. The van der Waals surface area contributed by atoms with Crippen LogP contribution in [0.2, 0.25) is 0 Å². The van der Waals surface area contributed by atoms with Crippen LogP contribution in [0.25, 0.3) is 0 Å². The van der Waals surface area contributed by atoms with Crippen LogP contribution in [-0.2, 0) is 19.9 Å². The van der Waals surface area contributed by atoms with Gasteiger partial charge < -0.3 is 5.32 Å². The Hall–Kier alpha value is -0.840. The van der Waals surface area contributed by atoms with E-state index in [1.165, 1.54) is 30.1 Å². The van der Waals surface area contributed by atoms with Crippen LogP contribution >= 0.6 is 11.8 Å². The molecule has 1 unspecified atom stereocenters. The Kier molecular flexibility index (Phi) is 4.81. The van der Waals surface area contributed by atoms with Crippen molar-refractivity contribution in [3.8, 4) is 0 Å². The monoisotopic (exact) mass is 351 g/mol. The first-order valence-corrected chi connectivity index (χ1v) is 10.7. The smallest absolute Gasteiger partial charge is 0.247 e. The van der Waals surface area contributed by atoms with E-state index in [1.807, 2.05) is 0 Å². The van der Waals surface area contributed by atoms with Crippen molar-refractivity contribution in [3.63, 3.8) is 0 Å². The molecule has 0 radical (unpaired) electrons. The number of pyridine rings is 1. The number of nitrogens with one attached hydrogen (secondary N) is 1. The highest BCUT2D eigenvalue weighted by Crippen LogP contribution is 2.29. The van der Waals surface area contributed by atoms with E-state index in [0.717, 1.165) is 10.6 Å². The van der Waals surface area contributed by atoms with Crippen molar-refractivity contribution in [1.29, 1.82) is 0 Å². The number of sulfonamides is 1. The molecule has 0 amide bonds. The van der Waals surface area contributed by atoms with E-state index in [-0.39, 0.29) is 23.0 Å². The second-order valence-electron chi connectivity index (χ2n) is 4.57. The first-order valence-electron chi connectivity index (χ1n) is 6.19. The Morgan fingerprint density at radius 1 is 1.38 bits per heavy atom. The summed E-state index contributed by atoms with van der Waals surface area (Å²) >= 11 is 1.44. The number of hydrogen-bond acceptors (Lipinski definition) is 7. The zero-order chi connectivity index (χ0) is 15.7. The minimum atomic E-state index is -3.92. The van der Waals surface area contributed by atoms with Gasteiger partial charge in [0.1, 0.15) is 16.1 Å². The van der Waals surface area contributed by atoms with Gasteiger partial charge in [-0.2, -0.15) is 16.1 Å². The highest BCUT2D eigenvalue weighted by molar-refractivity contribution is 8.01.